The Kier molecular flexibility index (Phi) is 5.59. The maximum Gasteiger partial charge on any atom is 0.225 e. The number of nitrogens with one attached hydrogen (secondary N) is 1. The minimum absolute atomic E-state index is 0.208. The predicted octanol–water partition coefficient (Wildman–Crippen LogP) is 1.79. The fraction of sp³-hybridized carbons (Fsp3) is 0.789. The first-order valence-electron chi connectivity index (χ1n) is 9.52. The summed E-state index contributed by atoms with van der Waals surface area (Å²) in [5.41, 5.74) is 0.221. The van der Waals surface area contributed by atoms with Gasteiger partial charge in [-0.25, -0.2) is 0 Å². The SMILES string of the molecule is C=CCN1CC2(CCC1=O)CCN(C(=O)[C@@H]1CCCNCC1)CC2. The second kappa shape index (κ2) is 7.68. The Hall–Kier alpha value is -1.36. The second-order valence-electron chi connectivity index (χ2n) is 7.77. The molecular formula is C19H31N3O2. The second-order valence-corrected chi connectivity index (χ2v) is 7.77. The maximum absolute atomic E-state index is 12.8. The summed E-state index contributed by atoms with van der Waals surface area (Å²) in [7, 11) is 0. The minimum atomic E-state index is 0.208. The normalized spacial score (nSPS) is 27.8. The number of nitrogens with zero attached hydrogens (tertiary/aromatic N) is 2. The lowest BCUT2D eigenvalue weighted by Gasteiger charge is -2.47. The van der Waals surface area contributed by atoms with Crippen LogP contribution in [0.2, 0.25) is 0 Å². The van der Waals surface area contributed by atoms with Crippen LogP contribution in [0.1, 0.15) is 44.9 Å². The summed E-state index contributed by atoms with van der Waals surface area (Å²) in [4.78, 5) is 28.9. The number of carbonyl (C=O) groups is 2. The summed E-state index contributed by atoms with van der Waals surface area (Å²) in [6.45, 7) is 8.98. The lowest BCUT2D eigenvalue weighted by atomic mass is 9.72. The van der Waals surface area contributed by atoms with Gasteiger partial charge in [-0.2, -0.15) is 0 Å². The summed E-state index contributed by atoms with van der Waals surface area (Å²) in [5, 5.41) is 3.39. The molecule has 5 nitrogen and oxygen atoms in total. The van der Waals surface area contributed by atoms with Crippen LogP contribution in [0.3, 0.4) is 0 Å². The van der Waals surface area contributed by atoms with Gasteiger partial charge in [-0.3, -0.25) is 9.59 Å². The molecule has 3 rings (SSSR count). The first-order valence-corrected chi connectivity index (χ1v) is 9.52. The molecule has 2 amide bonds. The van der Waals surface area contributed by atoms with Crippen molar-refractivity contribution in [1.82, 2.24) is 15.1 Å². The van der Waals surface area contributed by atoms with Crippen LogP contribution in [0.4, 0.5) is 0 Å². The van der Waals surface area contributed by atoms with Crippen LogP contribution in [-0.2, 0) is 9.59 Å². The Bertz CT molecular complexity index is 475. The van der Waals surface area contributed by atoms with Gasteiger partial charge in [-0.15, -0.1) is 6.58 Å². The largest absolute Gasteiger partial charge is 0.342 e. The van der Waals surface area contributed by atoms with E-state index in [-0.39, 0.29) is 17.2 Å². The number of hydrogen-bond donors (Lipinski definition) is 1. The standard InChI is InChI=1S/C19H31N3O2/c1-2-12-22-15-19(7-5-17(22)23)8-13-21(14-9-19)18(24)16-4-3-10-20-11-6-16/h2,16,20H,1,3-15H2/t16-/m1/s1. The summed E-state index contributed by atoms with van der Waals surface area (Å²) >= 11 is 0. The van der Waals surface area contributed by atoms with Gasteiger partial charge < -0.3 is 15.1 Å². The highest BCUT2D eigenvalue weighted by Gasteiger charge is 2.42. The summed E-state index contributed by atoms with van der Waals surface area (Å²) in [6.07, 6.45) is 8.61. The van der Waals surface area contributed by atoms with Gasteiger partial charge in [0.2, 0.25) is 11.8 Å². The lowest BCUT2D eigenvalue weighted by Crippen LogP contribution is -2.53. The molecule has 5 heteroatoms. The zero-order chi connectivity index (χ0) is 17.0. The van der Waals surface area contributed by atoms with Gasteiger partial charge in [0.1, 0.15) is 0 Å². The Morgan fingerprint density at radius 3 is 2.79 bits per heavy atom. The number of amides is 2. The number of rotatable bonds is 3. The molecule has 0 aromatic rings. The Labute approximate surface area is 145 Å². The van der Waals surface area contributed by atoms with Crippen molar-refractivity contribution in [3.05, 3.63) is 12.7 Å². The van der Waals surface area contributed by atoms with E-state index in [1.165, 1.54) is 0 Å². The van der Waals surface area contributed by atoms with Crippen LogP contribution in [0, 0.1) is 11.3 Å². The highest BCUT2D eigenvalue weighted by atomic mass is 16.2. The minimum Gasteiger partial charge on any atom is -0.342 e. The monoisotopic (exact) mass is 333 g/mol. The van der Waals surface area contributed by atoms with E-state index in [1.54, 1.807) is 0 Å². The fourth-order valence-corrected chi connectivity index (χ4v) is 4.56. The molecule has 134 valence electrons. The van der Waals surface area contributed by atoms with Crippen LogP contribution in [-0.4, -0.2) is 60.9 Å². The molecule has 1 N–H and O–H groups in total. The smallest absolute Gasteiger partial charge is 0.225 e. The topological polar surface area (TPSA) is 52.7 Å². The molecule has 3 aliphatic heterocycles. The van der Waals surface area contributed by atoms with E-state index >= 15 is 0 Å². The molecule has 0 bridgehead atoms. The quantitative estimate of drug-likeness (QED) is 0.801. The lowest BCUT2D eigenvalue weighted by molar-refractivity contribution is -0.144. The highest BCUT2D eigenvalue weighted by molar-refractivity contribution is 5.79. The van der Waals surface area contributed by atoms with Crippen molar-refractivity contribution in [3.63, 3.8) is 0 Å². The van der Waals surface area contributed by atoms with Gasteiger partial charge in [-0.1, -0.05) is 6.08 Å². The molecule has 0 aromatic heterocycles. The van der Waals surface area contributed by atoms with Crippen molar-refractivity contribution in [2.75, 3.05) is 39.3 Å². The van der Waals surface area contributed by atoms with Crippen LogP contribution >= 0.6 is 0 Å². The number of carbonyl (C=O) groups excluding carboxylic acids is 2. The van der Waals surface area contributed by atoms with Gasteiger partial charge in [0, 0.05) is 38.5 Å². The van der Waals surface area contributed by atoms with Gasteiger partial charge in [0.15, 0.2) is 0 Å². The van der Waals surface area contributed by atoms with E-state index in [2.05, 4.69) is 16.8 Å². The number of piperidine rings is 2. The van der Waals surface area contributed by atoms with Crippen LogP contribution < -0.4 is 5.32 Å². The molecule has 0 aromatic carbocycles. The molecule has 3 saturated heterocycles. The predicted molar refractivity (Wildman–Crippen MR) is 94.5 cm³/mol. The van der Waals surface area contributed by atoms with Crippen molar-refractivity contribution in [1.29, 1.82) is 0 Å². The third kappa shape index (κ3) is 3.82. The average molecular weight is 333 g/mol. The molecular weight excluding hydrogens is 302 g/mol. The molecule has 0 radical (unpaired) electrons. The molecule has 0 unspecified atom stereocenters. The first-order chi connectivity index (χ1) is 11.6. The van der Waals surface area contributed by atoms with E-state index in [0.717, 1.165) is 71.2 Å². The highest BCUT2D eigenvalue weighted by Crippen LogP contribution is 2.40. The zero-order valence-electron chi connectivity index (χ0n) is 14.8. The van der Waals surface area contributed by atoms with E-state index in [0.29, 0.717) is 18.9 Å². The summed E-state index contributed by atoms with van der Waals surface area (Å²) < 4.78 is 0. The van der Waals surface area contributed by atoms with E-state index < -0.39 is 0 Å². The zero-order valence-corrected chi connectivity index (χ0v) is 14.8. The third-order valence-electron chi connectivity index (χ3n) is 6.16. The Balaban J connectivity index is 1.55. The van der Waals surface area contributed by atoms with Crippen molar-refractivity contribution < 1.29 is 9.59 Å². The Morgan fingerprint density at radius 1 is 1.25 bits per heavy atom. The van der Waals surface area contributed by atoms with Gasteiger partial charge in [0.25, 0.3) is 0 Å². The van der Waals surface area contributed by atoms with Crippen molar-refractivity contribution in [3.8, 4) is 0 Å². The van der Waals surface area contributed by atoms with Crippen molar-refractivity contribution in [2.45, 2.75) is 44.9 Å². The van der Waals surface area contributed by atoms with Gasteiger partial charge in [0.05, 0.1) is 0 Å². The molecule has 1 spiro atoms. The maximum atomic E-state index is 12.8. The van der Waals surface area contributed by atoms with Gasteiger partial charge >= 0.3 is 0 Å². The van der Waals surface area contributed by atoms with Gasteiger partial charge in [-0.05, 0) is 57.0 Å². The Morgan fingerprint density at radius 2 is 2.04 bits per heavy atom. The number of hydrogen-bond acceptors (Lipinski definition) is 3. The molecule has 0 saturated carbocycles. The van der Waals surface area contributed by atoms with Crippen LogP contribution in [0.5, 0.6) is 0 Å². The summed E-state index contributed by atoms with van der Waals surface area (Å²) in [5.74, 6) is 0.826. The third-order valence-corrected chi connectivity index (χ3v) is 6.16. The van der Waals surface area contributed by atoms with Crippen LogP contribution in [0.15, 0.2) is 12.7 Å². The molecule has 3 aliphatic rings. The van der Waals surface area contributed by atoms with E-state index in [1.807, 2.05) is 11.0 Å². The van der Waals surface area contributed by atoms with Crippen molar-refractivity contribution >= 4 is 11.8 Å². The molecule has 0 aliphatic carbocycles. The summed E-state index contributed by atoms with van der Waals surface area (Å²) in [6, 6.07) is 0. The van der Waals surface area contributed by atoms with Crippen molar-refractivity contribution in [2.24, 2.45) is 11.3 Å². The van der Waals surface area contributed by atoms with E-state index in [4.69, 9.17) is 0 Å². The molecule has 24 heavy (non-hydrogen) atoms. The average Bonchev–Trinajstić information content (AvgIpc) is 2.88. The fourth-order valence-electron chi connectivity index (χ4n) is 4.56. The first kappa shape index (κ1) is 17.5. The molecule has 3 fully saturated rings. The van der Waals surface area contributed by atoms with E-state index in [9.17, 15) is 9.59 Å². The number of likely N-dealkylation sites (tertiary alicyclic amines) is 2. The molecule has 3 heterocycles. The molecule has 1 atom stereocenters. The van der Waals surface area contributed by atoms with Crippen LogP contribution in [0.25, 0.3) is 0 Å².